The van der Waals surface area contributed by atoms with E-state index < -0.39 is 11.8 Å². The third-order valence-corrected chi connectivity index (χ3v) is 6.99. The van der Waals surface area contributed by atoms with Gasteiger partial charge in [0, 0.05) is 48.9 Å². The van der Waals surface area contributed by atoms with E-state index >= 15 is 0 Å². The monoisotopic (exact) mass is 548 g/mol. The number of aryl methyl sites for hydroxylation is 2. The molecule has 4 aromatic heterocycles. The van der Waals surface area contributed by atoms with Crippen molar-refractivity contribution in [1.29, 1.82) is 0 Å². The van der Waals surface area contributed by atoms with Crippen molar-refractivity contribution in [2.24, 2.45) is 0 Å². The van der Waals surface area contributed by atoms with E-state index in [1.165, 1.54) is 6.20 Å². The lowest BCUT2D eigenvalue weighted by molar-refractivity contribution is -0.0925. The maximum Gasteiger partial charge on any atom is 0.274 e. The number of ether oxygens (including phenoxy) is 1. The molecule has 1 aromatic carbocycles. The Hall–Kier alpha value is -4.52. The van der Waals surface area contributed by atoms with Crippen LogP contribution in [-0.2, 0) is 11.3 Å². The molecule has 0 atom stereocenters. The summed E-state index contributed by atoms with van der Waals surface area (Å²) in [5.41, 5.74) is 3.60. The number of hydrogen-bond donors (Lipinski definition) is 1. The molecule has 1 N–H and O–H groups in total. The lowest BCUT2D eigenvalue weighted by Crippen LogP contribution is -2.33. The van der Waals surface area contributed by atoms with Crippen LogP contribution < -0.4 is 5.32 Å². The fraction of sp³-hybridized carbons (Fsp3) is 0.333. The summed E-state index contributed by atoms with van der Waals surface area (Å²) in [6.45, 7) is 4.83. The predicted octanol–water partition coefficient (Wildman–Crippen LogP) is 4.67. The Bertz CT molecular complexity index is 1720. The molecule has 11 nitrogen and oxygen atoms in total. The third kappa shape index (κ3) is 4.83. The van der Waals surface area contributed by atoms with Gasteiger partial charge >= 0.3 is 0 Å². The largest absolute Gasteiger partial charge is 0.383 e. The molecule has 1 aliphatic carbocycles. The molecule has 0 unspecified atom stereocenters. The molecular weight excluding hydrogens is 522 g/mol. The van der Waals surface area contributed by atoms with Gasteiger partial charge in [0.15, 0.2) is 5.82 Å². The Balaban J connectivity index is 1.24. The number of nitrogens with one attached hydrogen (secondary N) is 1. The molecule has 206 valence electrons. The van der Waals surface area contributed by atoms with Crippen LogP contribution >= 0.6 is 0 Å². The van der Waals surface area contributed by atoms with Gasteiger partial charge in [-0.2, -0.15) is 10.1 Å². The van der Waals surface area contributed by atoms with Crippen LogP contribution in [0.3, 0.4) is 0 Å². The normalized spacial score (nSPS) is 14.9. The van der Waals surface area contributed by atoms with Crippen LogP contribution in [-0.4, -0.2) is 59.8 Å². The van der Waals surface area contributed by atoms with E-state index in [0.717, 1.165) is 17.0 Å². The average Bonchev–Trinajstić information content (AvgIpc) is 3.65. The maximum absolute atomic E-state index is 13.4. The SMILES string of the molecule is COCCn1nc(-c2ccc3ncc(C(=O)Nc4cc(-c5noc(C6CC(F)(F)C6)n5)ccc4C)n3c2)nc1C. The summed E-state index contributed by atoms with van der Waals surface area (Å²) in [5, 5.41) is 11.5. The van der Waals surface area contributed by atoms with E-state index in [1.54, 1.807) is 40.6 Å². The van der Waals surface area contributed by atoms with Crippen molar-refractivity contribution in [2.45, 2.75) is 45.1 Å². The van der Waals surface area contributed by atoms with Crippen molar-refractivity contribution in [2.75, 3.05) is 19.0 Å². The second-order valence-electron chi connectivity index (χ2n) is 9.89. The number of hydrogen-bond acceptors (Lipinski definition) is 8. The number of halogens is 2. The van der Waals surface area contributed by atoms with Crippen molar-refractivity contribution in [1.82, 2.24) is 34.3 Å². The van der Waals surface area contributed by atoms with Gasteiger partial charge in [0.2, 0.25) is 17.6 Å². The van der Waals surface area contributed by atoms with Crippen LogP contribution in [0.25, 0.3) is 28.4 Å². The molecule has 0 aliphatic heterocycles. The molecule has 4 heterocycles. The number of alkyl halides is 2. The Morgan fingerprint density at radius 1 is 1.15 bits per heavy atom. The number of pyridine rings is 1. The highest BCUT2D eigenvalue weighted by atomic mass is 19.3. The third-order valence-electron chi connectivity index (χ3n) is 6.99. The van der Waals surface area contributed by atoms with Gasteiger partial charge in [-0.25, -0.2) is 23.4 Å². The number of fused-ring (bicyclic) bond motifs is 1. The molecule has 1 aliphatic rings. The summed E-state index contributed by atoms with van der Waals surface area (Å²) < 4.78 is 40.3. The molecule has 0 spiro atoms. The van der Waals surface area contributed by atoms with Gasteiger partial charge in [0.05, 0.1) is 19.3 Å². The van der Waals surface area contributed by atoms with Crippen LogP contribution in [0.5, 0.6) is 0 Å². The number of benzene rings is 1. The van der Waals surface area contributed by atoms with Crippen LogP contribution in [0.1, 0.15) is 46.5 Å². The summed E-state index contributed by atoms with van der Waals surface area (Å²) in [5.74, 6) is -1.74. The summed E-state index contributed by atoms with van der Waals surface area (Å²) >= 11 is 0. The molecule has 40 heavy (non-hydrogen) atoms. The van der Waals surface area contributed by atoms with Crippen LogP contribution in [0.15, 0.2) is 47.2 Å². The molecule has 0 bridgehead atoms. The zero-order valence-electron chi connectivity index (χ0n) is 22.1. The number of carbonyl (C=O) groups is 1. The van der Waals surface area contributed by atoms with E-state index in [9.17, 15) is 13.6 Å². The quantitative estimate of drug-likeness (QED) is 0.297. The van der Waals surface area contributed by atoms with E-state index in [1.807, 2.05) is 26.0 Å². The highest BCUT2D eigenvalue weighted by Crippen LogP contribution is 2.48. The fourth-order valence-electron chi connectivity index (χ4n) is 4.65. The minimum absolute atomic E-state index is 0.196. The number of nitrogens with zero attached hydrogens (tertiary/aromatic N) is 7. The summed E-state index contributed by atoms with van der Waals surface area (Å²) in [6.07, 6.45) is 2.69. The Morgan fingerprint density at radius 2 is 1.95 bits per heavy atom. The molecule has 0 radical (unpaired) electrons. The molecule has 1 amide bonds. The van der Waals surface area contributed by atoms with Gasteiger partial charge in [0.25, 0.3) is 5.91 Å². The minimum Gasteiger partial charge on any atom is -0.383 e. The number of imidazole rings is 1. The number of rotatable bonds is 8. The van der Waals surface area contributed by atoms with E-state index in [-0.39, 0.29) is 30.5 Å². The first kappa shape index (κ1) is 25.7. The standard InChI is InChI=1S/C27H26F2N8O3/c1-15-4-5-17(24-33-26(40-35-24)19-11-27(28,29)12-19)10-20(15)32-25(38)21-13-30-22-7-6-18(14-36(21)22)23-31-16(2)37(34-23)8-9-39-3/h4-7,10,13-14,19H,8-9,11-12H2,1-3H3,(H,32,38). The zero-order chi connectivity index (χ0) is 28.0. The van der Waals surface area contributed by atoms with Gasteiger partial charge in [0.1, 0.15) is 17.2 Å². The van der Waals surface area contributed by atoms with Crippen molar-refractivity contribution in [3.05, 3.63) is 65.7 Å². The topological polar surface area (TPSA) is 125 Å². The summed E-state index contributed by atoms with van der Waals surface area (Å²) in [6, 6.07) is 8.99. The first-order valence-corrected chi connectivity index (χ1v) is 12.7. The first-order chi connectivity index (χ1) is 19.2. The van der Waals surface area contributed by atoms with Gasteiger partial charge in [-0.05, 0) is 37.6 Å². The van der Waals surface area contributed by atoms with E-state index in [2.05, 4.69) is 30.5 Å². The lowest BCUT2D eigenvalue weighted by Gasteiger charge is -2.31. The molecule has 1 saturated carbocycles. The number of anilines is 1. The van der Waals surface area contributed by atoms with Crippen molar-refractivity contribution < 1.29 is 22.8 Å². The van der Waals surface area contributed by atoms with Crippen molar-refractivity contribution in [3.8, 4) is 22.8 Å². The molecule has 13 heteroatoms. The average molecular weight is 549 g/mol. The van der Waals surface area contributed by atoms with Gasteiger partial charge in [-0.15, -0.1) is 0 Å². The first-order valence-electron chi connectivity index (χ1n) is 12.7. The Labute approximate surface area is 227 Å². The Morgan fingerprint density at radius 3 is 2.73 bits per heavy atom. The van der Waals surface area contributed by atoms with Crippen molar-refractivity contribution in [3.63, 3.8) is 0 Å². The number of aromatic nitrogens is 7. The molecule has 6 rings (SSSR count). The fourth-order valence-corrected chi connectivity index (χ4v) is 4.65. The van der Waals surface area contributed by atoms with Gasteiger partial charge in [-0.1, -0.05) is 17.3 Å². The highest BCUT2D eigenvalue weighted by molar-refractivity contribution is 6.04. The predicted molar refractivity (Wildman–Crippen MR) is 140 cm³/mol. The van der Waals surface area contributed by atoms with Gasteiger partial charge < -0.3 is 14.6 Å². The zero-order valence-corrected chi connectivity index (χ0v) is 22.1. The minimum atomic E-state index is -2.68. The van der Waals surface area contributed by atoms with Crippen molar-refractivity contribution >= 4 is 17.2 Å². The second-order valence-corrected chi connectivity index (χ2v) is 9.89. The molecule has 0 saturated heterocycles. The highest BCUT2D eigenvalue weighted by Gasteiger charge is 2.48. The van der Waals surface area contributed by atoms with Crippen LogP contribution in [0, 0.1) is 13.8 Å². The number of methoxy groups -OCH3 is 1. The number of amides is 1. The number of carbonyl (C=O) groups excluding carboxylic acids is 1. The lowest BCUT2D eigenvalue weighted by atomic mass is 9.81. The van der Waals surface area contributed by atoms with Crippen LogP contribution in [0.4, 0.5) is 14.5 Å². The van der Waals surface area contributed by atoms with E-state index in [0.29, 0.717) is 41.6 Å². The Kier molecular flexibility index (Phi) is 6.37. The van der Waals surface area contributed by atoms with Gasteiger partial charge in [-0.3, -0.25) is 9.20 Å². The smallest absolute Gasteiger partial charge is 0.274 e. The maximum atomic E-state index is 13.4. The van der Waals surface area contributed by atoms with Crippen LogP contribution in [0.2, 0.25) is 0 Å². The molecule has 1 fully saturated rings. The molecule has 5 aromatic rings. The molecular formula is C27H26F2N8O3. The summed E-state index contributed by atoms with van der Waals surface area (Å²) in [7, 11) is 1.63. The second kappa shape index (κ2) is 9.90. The van der Waals surface area contributed by atoms with E-state index in [4.69, 9.17) is 9.26 Å². The summed E-state index contributed by atoms with van der Waals surface area (Å²) in [4.78, 5) is 26.6.